The molecule has 0 aliphatic rings. The molecule has 0 aromatic carbocycles. The fourth-order valence-electron chi connectivity index (χ4n) is 1.09. The van der Waals surface area contributed by atoms with Crippen molar-refractivity contribution in [1.82, 2.24) is 19.3 Å². The van der Waals surface area contributed by atoms with Gasteiger partial charge in [-0.05, 0) is 0 Å². The summed E-state index contributed by atoms with van der Waals surface area (Å²) in [7, 11) is 1.28. The highest BCUT2D eigenvalue weighted by molar-refractivity contribution is 5.68. The van der Waals surface area contributed by atoms with Crippen molar-refractivity contribution in [1.29, 1.82) is 0 Å². The number of H-pyrrole nitrogens is 1. The first kappa shape index (κ1) is 7.59. The van der Waals surface area contributed by atoms with Crippen LogP contribution in [0, 0.1) is 0 Å². The quantitative estimate of drug-likeness (QED) is 0.493. The molecule has 7 heteroatoms. The van der Waals surface area contributed by atoms with Crippen LogP contribution < -0.4 is 11.2 Å². The third-order valence-corrected chi connectivity index (χ3v) is 1.81. The smallest absolute Gasteiger partial charge is 0.365 e. The van der Waals surface area contributed by atoms with Gasteiger partial charge < -0.3 is 10.2 Å². The van der Waals surface area contributed by atoms with Crippen molar-refractivity contribution in [3.63, 3.8) is 0 Å². The molecular formula is C6H6N4O3. The topological polar surface area (TPSA) is 92.9 Å². The van der Waals surface area contributed by atoms with Gasteiger partial charge in [-0.3, -0.25) is 9.36 Å². The largest absolute Gasteiger partial charge is 0.422 e. The van der Waals surface area contributed by atoms with Crippen molar-refractivity contribution in [3.05, 3.63) is 27.2 Å². The molecule has 2 aromatic rings. The normalized spacial score (nSPS) is 10.8. The predicted molar refractivity (Wildman–Crippen MR) is 42.8 cm³/mol. The minimum Gasteiger partial charge on any atom is -0.422 e. The SMILES string of the molecule is Cn1c(=O)c2[nH]cnc2n(O)c1=O. The van der Waals surface area contributed by atoms with Crippen molar-refractivity contribution in [2.45, 2.75) is 0 Å². The van der Waals surface area contributed by atoms with Crippen molar-refractivity contribution >= 4 is 11.2 Å². The Balaban J connectivity index is 3.21. The molecule has 7 nitrogen and oxygen atoms in total. The van der Waals surface area contributed by atoms with Gasteiger partial charge in [0.25, 0.3) is 5.56 Å². The number of nitrogens with zero attached hydrogens (tertiary/aromatic N) is 3. The van der Waals surface area contributed by atoms with Crippen LogP contribution in [0.5, 0.6) is 0 Å². The number of aromatic nitrogens is 4. The average molecular weight is 182 g/mol. The lowest BCUT2D eigenvalue weighted by Crippen LogP contribution is -2.37. The first-order valence-corrected chi connectivity index (χ1v) is 3.47. The molecule has 0 saturated carbocycles. The maximum absolute atomic E-state index is 11.3. The Hall–Kier alpha value is -2.05. The molecule has 0 unspecified atom stereocenters. The van der Waals surface area contributed by atoms with Gasteiger partial charge in [-0.2, -0.15) is 0 Å². The predicted octanol–water partition coefficient (Wildman–Crippen LogP) is -1.34. The minimum atomic E-state index is -0.815. The second-order valence-electron chi connectivity index (χ2n) is 2.56. The molecule has 2 N–H and O–H groups in total. The number of imidazole rings is 1. The van der Waals surface area contributed by atoms with E-state index in [1.54, 1.807) is 0 Å². The van der Waals surface area contributed by atoms with Crippen LogP contribution in [0.15, 0.2) is 15.9 Å². The molecule has 13 heavy (non-hydrogen) atoms. The Morgan fingerprint density at radius 3 is 2.92 bits per heavy atom. The summed E-state index contributed by atoms with van der Waals surface area (Å²) in [5.41, 5.74) is -1.29. The zero-order chi connectivity index (χ0) is 9.59. The van der Waals surface area contributed by atoms with Crippen molar-refractivity contribution < 1.29 is 5.21 Å². The van der Waals surface area contributed by atoms with E-state index in [2.05, 4.69) is 9.97 Å². The summed E-state index contributed by atoms with van der Waals surface area (Å²) in [6.45, 7) is 0. The van der Waals surface area contributed by atoms with Gasteiger partial charge in [0, 0.05) is 7.05 Å². The van der Waals surface area contributed by atoms with Crippen LogP contribution >= 0.6 is 0 Å². The summed E-state index contributed by atoms with van der Waals surface area (Å²) < 4.78 is 1.12. The highest BCUT2D eigenvalue weighted by atomic mass is 16.5. The van der Waals surface area contributed by atoms with Crippen LogP contribution in [0.25, 0.3) is 11.2 Å². The fraction of sp³-hybridized carbons (Fsp3) is 0.167. The molecule has 68 valence electrons. The van der Waals surface area contributed by atoms with E-state index >= 15 is 0 Å². The van der Waals surface area contributed by atoms with Gasteiger partial charge in [-0.15, -0.1) is 4.73 Å². The van der Waals surface area contributed by atoms with Gasteiger partial charge in [0.2, 0.25) is 5.65 Å². The average Bonchev–Trinajstić information content (AvgIpc) is 2.59. The van der Waals surface area contributed by atoms with E-state index < -0.39 is 11.2 Å². The zero-order valence-electron chi connectivity index (χ0n) is 6.68. The van der Waals surface area contributed by atoms with Crippen LogP contribution in [0.2, 0.25) is 0 Å². The molecular weight excluding hydrogens is 176 g/mol. The van der Waals surface area contributed by atoms with Crippen LogP contribution in [0.4, 0.5) is 0 Å². The first-order valence-electron chi connectivity index (χ1n) is 3.47. The van der Waals surface area contributed by atoms with Crippen molar-refractivity contribution in [2.75, 3.05) is 0 Å². The Labute approximate surface area is 70.8 Å². The van der Waals surface area contributed by atoms with Gasteiger partial charge in [0.05, 0.1) is 6.33 Å². The Bertz CT molecular complexity index is 576. The third-order valence-electron chi connectivity index (χ3n) is 1.81. The molecule has 2 rings (SSSR count). The molecule has 2 heterocycles. The molecule has 0 radical (unpaired) electrons. The van der Waals surface area contributed by atoms with Crippen LogP contribution in [0.1, 0.15) is 0 Å². The monoisotopic (exact) mass is 182 g/mol. The van der Waals surface area contributed by atoms with E-state index in [-0.39, 0.29) is 11.2 Å². The lowest BCUT2D eigenvalue weighted by atomic mass is 10.5. The Kier molecular flexibility index (Phi) is 1.30. The second-order valence-corrected chi connectivity index (χ2v) is 2.56. The summed E-state index contributed by atoms with van der Waals surface area (Å²) in [6.07, 6.45) is 1.23. The van der Waals surface area contributed by atoms with Gasteiger partial charge >= 0.3 is 5.69 Å². The first-order chi connectivity index (χ1) is 6.13. The molecule has 0 atom stereocenters. The minimum absolute atomic E-state index is 0.0619. The number of aromatic amines is 1. The number of rotatable bonds is 0. The number of hydrogen-bond acceptors (Lipinski definition) is 4. The number of nitrogens with one attached hydrogen (secondary N) is 1. The summed E-state index contributed by atoms with van der Waals surface area (Å²) >= 11 is 0. The molecule has 0 spiro atoms. The maximum Gasteiger partial charge on any atom is 0.365 e. The summed E-state index contributed by atoms with van der Waals surface area (Å²) in [6, 6.07) is 0. The molecule has 0 aliphatic heterocycles. The standard InChI is InChI=1S/C6H6N4O3/c1-9-5(11)3-4(8-2-7-3)10(13)6(9)12/h2,13H,1H3,(H,7,8). The van der Waals surface area contributed by atoms with E-state index in [1.807, 2.05) is 0 Å². The number of hydrogen-bond donors (Lipinski definition) is 2. The van der Waals surface area contributed by atoms with Gasteiger partial charge in [-0.25, -0.2) is 9.78 Å². The molecule has 0 bridgehead atoms. The summed E-state index contributed by atoms with van der Waals surface area (Å²) in [5.74, 6) is 0. The van der Waals surface area contributed by atoms with Gasteiger partial charge in [-0.1, -0.05) is 0 Å². The van der Waals surface area contributed by atoms with E-state index in [4.69, 9.17) is 0 Å². The van der Waals surface area contributed by atoms with E-state index in [9.17, 15) is 14.8 Å². The highest BCUT2D eigenvalue weighted by Gasteiger charge is 2.10. The fourth-order valence-corrected chi connectivity index (χ4v) is 1.09. The van der Waals surface area contributed by atoms with E-state index in [1.165, 1.54) is 13.4 Å². The zero-order valence-corrected chi connectivity index (χ0v) is 6.68. The lowest BCUT2D eigenvalue weighted by Gasteiger charge is -1.99. The van der Waals surface area contributed by atoms with E-state index in [0.717, 1.165) is 4.57 Å². The maximum atomic E-state index is 11.3. The van der Waals surface area contributed by atoms with Crippen molar-refractivity contribution in [2.24, 2.45) is 7.05 Å². The lowest BCUT2D eigenvalue weighted by molar-refractivity contribution is 0.177. The van der Waals surface area contributed by atoms with Crippen LogP contribution in [0.3, 0.4) is 0 Å². The highest BCUT2D eigenvalue weighted by Crippen LogP contribution is 1.96. The van der Waals surface area contributed by atoms with Gasteiger partial charge in [0.15, 0.2) is 5.52 Å². The van der Waals surface area contributed by atoms with Crippen LogP contribution in [-0.2, 0) is 7.05 Å². The van der Waals surface area contributed by atoms with Gasteiger partial charge in [0.1, 0.15) is 0 Å². The second kappa shape index (κ2) is 2.22. The Morgan fingerprint density at radius 2 is 2.23 bits per heavy atom. The Morgan fingerprint density at radius 1 is 1.54 bits per heavy atom. The van der Waals surface area contributed by atoms with E-state index in [0.29, 0.717) is 4.73 Å². The molecule has 0 amide bonds. The summed E-state index contributed by atoms with van der Waals surface area (Å²) in [4.78, 5) is 28.6. The molecule has 2 aromatic heterocycles. The van der Waals surface area contributed by atoms with Crippen LogP contribution in [-0.4, -0.2) is 24.5 Å². The molecule has 0 fully saturated rings. The number of fused-ring (bicyclic) bond motifs is 1. The summed E-state index contributed by atoms with van der Waals surface area (Å²) in [5, 5.41) is 9.21. The molecule has 0 saturated heterocycles. The van der Waals surface area contributed by atoms with Crippen molar-refractivity contribution in [3.8, 4) is 0 Å². The third kappa shape index (κ3) is 0.805. The molecule has 0 aliphatic carbocycles.